The van der Waals surface area contributed by atoms with Crippen molar-refractivity contribution in [3.63, 3.8) is 0 Å². The van der Waals surface area contributed by atoms with Crippen molar-refractivity contribution >= 4 is 49.9 Å². The lowest BCUT2D eigenvalue weighted by molar-refractivity contribution is 0.628. The summed E-state index contributed by atoms with van der Waals surface area (Å²) < 4.78 is 13.6. The summed E-state index contributed by atoms with van der Waals surface area (Å²) in [5, 5.41) is 6.15. The van der Waals surface area contributed by atoms with Crippen molar-refractivity contribution in [1.29, 1.82) is 0 Å². The predicted octanol–water partition coefficient (Wildman–Crippen LogP) is 13.7. The summed E-state index contributed by atoms with van der Waals surface area (Å²) in [5.41, 5.74) is 12.2. The molecule has 0 fully saturated rings. The van der Waals surface area contributed by atoms with E-state index < -0.39 is 0 Å². The molecule has 0 atom stereocenters. The van der Waals surface area contributed by atoms with Crippen LogP contribution in [0.15, 0.2) is 176 Å². The average Bonchev–Trinajstić information content (AvgIpc) is 3.76. The van der Waals surface area contributed by atoms with Crippen LogP contribution < -0.4 is 4.90 Å². The second-order valence-corrected chi connectivity index (χ2v) is 13.9. The van der Waals surface area contributed by atoms with Crippen LogP contribution in [0.4, 0.5) is 21.5 Å². The molecule has 1 aromatic heterocycles. The Morgan fingerprint density at radius 3 is 1.63 bits per heavy atom. The summed E-state index contributed by atoms with van der Waals surface area (Å²) in [6, 6.07) is 60.6. The minimum atomic E-state index is -0.234. The zero-order chi connectivity index (χ0) is 33.9. The molecule has 1 aliphatic carbocycles. The third-order valence-corrected chi connectivity index (χ3v) is 11.1. The highest BCUT2D eigenvalue weighted by Crippen LogP contribution is 2.52. The highest BCUT2D eigenvalue weighted by Gasteiger charge is 2.27. The summed E-state index contributed by atoms with van der Waals surface area (Å²) in [5.74, 6) is -0.234. The monoisotopic (exact) mass is 672 g/mol. The smallest absolute Gasteiger partial charge is 0.124 e. The van der Waals surface area contributed by atoms with E-state index >= 15 is 0 Å². The van der Waals surface area contributed by atoms with Crippen LogP contribution in [-0.4, -0.2) is 4.98 Å². The first-order chi connectivity index (χ1) is 25.2. The van der Waals surface area contributed by atoms with Crippen LogP contribution in [0.5, 0.6) is 0 Å². The van der Waals surface area contributed by atoms with Crippen molar-refractivity contribution < 1.29 is 4.39 Å². The highest BCUT2D eigenvalue weighted by atomic mass is 32.1. The summed E-state index contributed by atoms with van der Waals surface area (Å²) in [6.45, 7) is 0. The third-order valence-electron chi connectivity index (χ3n) is 9.92. The second kappa shape index (κ2) is 11.9. The molecule has 9 aromatic rings. The third kappa shape index (κ3) is 5.03. The number of rotatable bonds is 6. The number of nitrogens with zero attached hydrogens (tertiary/aromatic N) is 2. The lowest BCUT2D eigenvalue weighted by atomic mass is 9.97. The van der Waals surface area contributed by atoms with Gasteiger partial charge in [-0.3, -0.25) is 0 Å². The number of thiazole rings is 1. The van der Waals surface area contributed by atoms with Gasteiger partial charge in [0.15, 0.2) is 0 Å². The van der Waals surface area contributed by atoms with Crippen molar-refractivity contribution in [1.82, 2.24) is 4.98 Å². The molecule has 4 heteroatoms. The van der Waals surface area contributed by atoms with Gasteiger partial charge in [-0.05, 0) is 105 Å². The van der Waals surface area contributed by atoms with Gasteiger partial charge in [0, 0.05) is 39.1 Å². The Morgan fingerprint density at radius 2 is 0.980 bits per heavy atom. The van der Waals surface area contributed by atoms with Crippen molar-refractivity contribution in [2.24, 2.45) is 0 Å². The van der Waals surface area contributed by atoms with E-state index in [9.17, 15) is 4.39 Å². The molecule has 0 unspecified atom stereocenters. The molecule has 1 aliphatic rings. The van der Waals surface area contributed by atoms with E-state index in [1.807, 2.05) is 18.2 Å². The van der Waals surface area contributed by atoms with Gasteiger partial charge in [0.1, 0.15) is 10.8 Å². The van der Waals surface area contributed by atoms with Gasteiger partial charge >= 0.3 is 0 Å². The number of halogens is 1. The predicted molar refractivity (Wildman–Crippen MR) is 213 cm³/mol. The number of aromatic nitrogens is 1. The molecule has 0 saturated carbocycles. The Hall–Kier alpha value is -6.36. The number of hydrogen-bond donors (Lipinski definition) is 0. The first kappa shape index (κ1) is 29.5. The second-order valence-electron chi connectivity index (χ2n) is 12.9. The molecule has 0 saturated heterocycles. The number of benzene rings is 8. The van der Waals surface area contributed by atoms with Gasteiger partial charge in [-0.15, -0.1) is 11.3 Å². The number of anilines is 3. The van der Waals surface area contributed by atoms with Gasteiger partial charge < -0.3 is 4.90 Å². The highest BCUT2D eigenvalue weighted by molar-refractivity contribution is 7.19. The number of fused-ring (bicyclic) bond motifs is 5. The van der Waals surface area contributed by atoms with E-state index in [1.54, 1.807) is 11.3 Å². The molecule has 51 heavy (non-hydrogen) atoms. The van der Waals surface area contributed by atoms with Crippen LogP contribution in [0.1, 0.15) is 0 Å². The molecular weight excluding hydrogens is 644 g/mol. The van der Waals surface area contributed by atoms with E-state index in [0.717, 1.165) is 44.5 Å². The normalized spacial score (nSPS) is 11.6. The van der Waals surface area contributed by atoms with E-state index in [0.29, 0.717) is 0 Å². The van der Waals surface area contributed by atoms with Crippen molar-refractivity contribution in [3.8, 4) is 54.5 Å². The van der Waals surface area contributed by atoms with Crippen LogP contribution in [0.25, 0.3) is 76.1 Å². The fourth-order valence-electron chi connectivity index (χ4n) is 7.43. The fraction of sp³-hybridized carbons (Fsp3) is 0. The van der Waals surface area contributed by atoms with Crippen LogP contribution in [0, 0.1) is 5.82 Å². The molecule has 0 radical (unpaired) electrons. The molecule has 8 aromatic carbocycles. The largest absolute Gasteiger partial charge is 0.311 e. The Balaban J connectivity index is 1.02. The lowest BCUT2D eigenvalue weighted by Crippen LogP contribution is -2.09. The fourth-order valence-corrected chi connectivity index (χ4v) is 8.54. The van der Waals surface area contributed by atoms with E-state index in [4.69, 9.17) is 4.98 Å². The Labute approximate surface area is 299 Å². The van der Waals surface area contributed by atoms with Crippen LogP contribution in [0.2, 0.25) is 0 Å². The minimum Gasteiger partial charge on any atom is -0.311 e. The first-order valence-corrected chi connectivity index (χ1v) is 17.9. The Kier molecular flexibility index (Phi) is 6.90. The molecule has 10 rings (SSSR count). The van der Waals surface area contributed by atoms with Gasteiger partial charge in [0.25, 0.3) is 0 Å². The molecule has 0 aliphatic heterocycles. The van der Waals surface area contributed by atoms with Gasteiger partial charge in [-0.1, -0.05) is 109 Å². The van der Waals surface area contributed by atoms with E-state index in [-0.39, 0.29) is 5.82 Å². The molecule has 240 valence electrons. The summed E-state index contributed by atoms with van der Waals surface area (Å²) in [6.07, 6.45) is 0. The van der Waals surface area contributed by atoms with Crippen LogP contribution >= 0.6 is 11.3 Å². The summed E-state index contributed by atoms with van der Waals surface area (Å²) in [7, 11) is 0. The zero-order valence-corrected chi connectivity index (χ0v) is 28.2. The molecule has 1 heterocycles. The van der Waals surface area contributed by atoms with E-state index in [2.05, 4.69) is 150 Å². The van der Waals surface area contributed by atoms with Gasteiger partial charge in [0.05, 0.1) is 10.6 Å². The summed E-state index contributed by atoms with van der Waals surface area (Å²) in [4.78, 5) is 8.78. The molecule has 0 bridgehead atoms. The molecule has 0 N–H and O–H groups in total. The van der Waals surface area contributed by atoms with Gasteiger partial charge in [0.2, 0.25) is 0 Å². The average molecular weight is 673 g/mol. The molecule has 0 amide bonds. The Bertz CT molecular complexity index is 2710. The van der Waals surface area contributed by atoms with Gasteiger partial charge in [-0.2, -0.15) is 0 Å². The number of hydrogen-bond acceptors (Lipinski definition) is 3. The topological polar surface area (TPSA) is 16.1 Å². The maximum Gasteiger partial charge on any atom is 0.124 e. The Morgan fingerprint density at radius 1 is 0.451 bits per heavy atom. The van der Waals surface area contributed by atoms with Crippen LogP contribution in [-0.2, 0) is 0 Å². The van der Waals surface area contributed by atoms with Crippen LogP contribution in [0.3, 0.4) is 0 Å². The minimum absolute atomic E-state index is 0.234. The first-order valence-electron chi connectivity index (χ1n) is 17.1. The van der Waals surface area contributed by atoms with Gasteiger partial charge in [-0.25, -0.2) is 9.37 Å². The lowest BCUT2D eigenvalue weighted by Gasteiger charge is -2.26. The van der Waals surface area contributed by atoms with Crippen molar-refractivity contribution in [2.75, 3.05) is 4.90 Å². The zero-order valence-electron chi connectivity index (χ0n) is 27.4. The quantitative estimate of drug-likeness (QED) is 0.163. The standard InChI is InChI=1S/C47H29FN2S/c48-36-21-13-31(14-22-36)33-17-25-38(26-18-33)50(37-23-15-32(16-24-37)30-7-2-1-3-8-30)39-27-19-34(20-28-39)47-49-45-43-29-35-9-4-5-10-40(35)41-11-6-12-42(44(41)43)46(45)51-47/h1-29H. The maximum atomic E-state index is 13.6. The van der Waals surface area contributed by atoms with E-state index in [1.165, 1.54) is 60.8 Å². The van der Waals surface area contributed by atoms with Crippen molar-refractivity contribution in [3.05, 3.63) is 182 Å². The van der Waals surface area contributed by atoms with Crippen molar-refractivity contribution in [2.45, 2.75) is 0 Å². The molecule has 0 spiro atoms. The summed E-state index contributed by atoms with van der Waals surface area (Å²) >= 11 is 1.77. The SMILES string of the molecule is Fc1ccc(-c2ccc(N(c3ccc(-c4ccccc4)cc3)c3ccc(-c4nc5c(s4)-c4cccc6c4c-5cc4ccccc46)cc3)cc2)cc1. The molecule has 2 nitrogen and oxygen atoms in total. The molecular formula is C47H29FN2S. The maximum absolute atomic E-state index is 13.6.